The number of thioether (sulfide) groups is 1. The maximum atomic E-state index is 12.1. The van der Waals surface area contributed by atoms with E-state index in [0.717, 1.165) is 44.2 Å². The molecule has 42 heavy (non-hydrogen) atoms. The average molecular weight is 644 g/mol. The zero-order valence-corrected chi connectivity index (χ0v) is 25.5. The van der Waals surface area contributed by atoms with Gasteiger partial charge in [-0.2, -0.15) is 0 Å². The summed E-state index contributed by atoms with van der Waals surface area (Å²) < 4.78 is 10.9. The van der Waals surface area contributed by atoms with E-state index in [1.165, 1.54) is 0 Å². The molecule has 1 aromatic heterocycles. The lowest BCUT2D eigenvalue weighted by atomic mass is 9.98. The summed E-state index contributed by atoms with van der Waals surface area (Å²) in [7, 11) is 0. The van der Waals surface area contributed by atoms with E-state index < -0.39 is 16.0 Å². The van der Waals surface area contributed by atoms with Gasteiger partial charge in [0.05, 0.1) is 23.8 Å². The summed E-state index contributed by atoms with van der Waals surface area (Å²) >= 11 is 18.8. The Bertz CT molecular complexity index is 1470. The van der Waals surface area contributed by atoms with Crippen molar-refractivity contribution >= 4 is 52.5 Å². The number of nitrogens with zero attached hydrogens (tertiary/aromatic N) is 1. The van der Waals surface area contributed by atoms with E-state index in [1.807, 2.05) is 91.0 Å². The van der Waals surface area contributed by atoms with Gasteiger partial charge in [0.1, 0.15) is 0 Å². The third-order valence-electron chi connectivity index (χ3n) is 6.88. The Kier molecular flexibility index (Phi) is 10.4. The lowest BCUT2D eigenvalue weighted by Crippen LogP contribution is -2.34. The van der Waals surface area contributed by atoms with Crippen molar-refractivity contribution < 1.29 is 19.4 Å². The van der Waals surface area contributed by atoms with E-state index in [1.54, 1.807) is 18.0 Å². The van der Waals surface area contributed by atoms with Crippen molar-refractivity contribution in [3.05, 3.63) is 119 Å². The normalized spacial score (nSPS) is 18.9. The fourth-order valence-electron chi connectivity index (χ4n) is 4.69. The van der Waals surface area contributed by atoms with Crippen molar-refractivity contribution in [1.82, 2.24) is 10.3 Å². The van der Waals surface area contributed by atoms with Gasteiger partial charge in [-0.25, -0.2) is 4.98 Å². The van der Waals surface area contributed by atoms with Crippen molar-refractivity contribution in [1.29, 1.82) is 0 Å². The quantitative estimate of drug-likeness (QED) is 0.145. The van der Waals surface area contributed by atoms with Crippen LogP contribution in [0.25, 0.3) is 11.1 Å². The number of carbonyl (C=O) groups is 1. The van der Waals surface area contributed by atoms with E-state index in [0.29, 0.717) is 6.42 Å². The van der Waals surface area contributed by atoms with Gasteiger partial charge in [-0.15, -0.1) is 11.8 Å². The van der Waals surface area contributed by atoms with Crippen LogP contribution in [0.1, 0.15) is 41.1 Å². The minimum Gasteiger partial charge on any atom is -0.392 e. The van der Waals surface area contributed by atoms with Crippen LogP contribution in [0, 0.1) is 0 Å². The van der Waals surface area contributed by atoms with Crippen LogP contribution in [0.2, 0.25) is 0 Å². The lowest BCUT2D eigenvalue weighted by Gasteiger charge is -2.36. The molecule has 4 aromatic rings. The van der Waals surface area contributed by atoms with Crippen LogP contribution in [-0.2, 0) is 27.4 Å². The monoisotopic (exact) mass is 642 g/mol. The highest BCUT2D eigenvalue weighted by Crippen LogP contribution is 2.40. The first kappa shape index (κ1) is 30.8. The SMILES string of the molecule is O=C(NCc1ccccc1-c1ccc(C2OC(CSc3ccccn3)CC(c3ccc(CO)cc3)O2)cc1)C(Cl)(Cl)Cl. The molecule has 0 aliphatic carbocycles. The number of hydrogen-bond donors (Lipinski definition) is 2. The Morgan fingerprint density at radius 2 is 1.64 bits per heavy atom. The van der Waals surface area contributed by atoms with E-state index in [-0.39, 0.29) is 25.4 Å². The van der Waals surface area contributed by atoms with Crippen LogP contribution < -0.4 is 5.32 Å². The molecule has 1 aliphatic heterocycles. The summed E-state index contributed by atoms with van der Waals surface area (Å²) in [6.07, 6.45) is 1.67. The van der Waals surface area contributed by atoms with E-state index in [4.69, 9.17) is 44.3 Å². The molecule has 0 spiro atoms. The van der Waals surface area contributed by atoms with E-state index >= 15 is 0 Å². The Balaban J connectivity index is 1.34. The minimum atomic E-state index is -2.02. The summed E-state index contributed by atoms with van der Waals surface area (Å²) in [6, 6.07) is 29.5. The second-order valence-corrected chi connectivity index (χ2v) is 13.1. The fraction of sp³-hybridized carbons (Fsp3) is 0.250. The Morgan fingerprint density at radius 3 is 2.33 bits per heavy atom. The lowest BCUT2D eigenvalue weighted by molar-refractivity contribution is -0.245. The molecule has 2 N–H and O–H groups in total. The first-order valence-corrected chi connectivity index (χ1v) is 15.5. The molecule has 3 aromatic carbocycles. The van der Waals surface area contributed by atoms with Crippen LogP contribution in [0.5, 0.6) is 0 Å². The highest BCUT2D eigenvalue weighted by molar-refractivity contribution is 7.99. The molecule has 2 heterocycles. The molecule has 3 unspecified atom stereocenters. The highest BCUT2D eigenvalue weighted by atomic mass is 35.6. The van der Waals surface area contributed by atoms with Gasteiger partial charge >= 0.3 is 0 Å². The smallest absolute Gasteiger partial charge is 0.272 e. The molecular weight excluding hydrogens is 615 g/mol. The molecule has 0 radical (unpaired) electrons. The predicted molar refractivity (Wildman–Crippen MR) is 167 cm³/mol. The summed E-state index contributed by atoms with van der Waals surface area (Å²) in [5, 5.41) is 13.1. The third-order valence-corrected chi connectivity index (χ3v) is 8.47. The molecule has 1 amide bonds. The van der Waals surface area contributed by atoms with Gasteiger partial charge in [0.15, 0.2) is 6.29 Å². The number of nitrogens with one attached hydrogen (secondary N) is 1. The number of ether oxygens (including phenoxy) is 2. The number of alkyl halides is 3. The molecule has 5 rings (SSSR count). The number of aliphatic hydroxyl groups is 1. The van der Waals surface area contributed by atoms with Crippen LogP contribution in [0.3, 0.4) is 0 Å². The number of aliphatic hydroxyl groups excluding tert-OH is 1. The Labute approximate surface area is 264 Å². The number of hydrogen-bond acceptors (Lipinski definition) is 6. The van der Waals surface area contributed by atoms with Gasteiger partial charge < -0.3 is 19.9 Å². The van der Waals surface area contributed by atoms with Gasteiger partial charge in [0.2, 0.25) is 0 Å². The predicted octanol–water partition coefficient (Wildman–Crippen LogP) is 7.57. The standard InChI is InChI=1S/C32H29Cl3N2O4S/c33-32(34,35)31(39)37-18-25-5-1-2-6-27(25)22-12-14-24(15-13-22)30-40-26(20-42-29-7-3-4-16-36-29)17-28(41-30)23-10-8-21(19-38)9-11-23/h1-16,26,28,30,38H,17-20H2,(H,37,39). The number of amides is 1. The molecule has 3 atom stereocenters. The maximum absolute atomic E-state index is 12.1. The number of halogens is 3. The molecule has 0 bridgehead atoms. The zero-order valence-electron chi connectivity index (χ0n) is 22.5. The van der Waals surface area contributed by atoms with Gasteiger partial charge in [0.25, 0.3) is 9.70 Å². The van der Waals surface area contributed by atoms with Crippen molar-refractivity contribution in [2.45, 2.75) is 46.9 Å². The molecule has 6 nitrogen and oxygen atoms in total. The number of carbonyl (C=O) groups excluding carboxylic acids is 1. The first-order valence-electron chi connectivity index (χ1n) is 13.4. The number of aromatic nitrogens is 1. The number of rotatable bonds is 9. The van der Waals surface area contributed by atoms with Crippen molar-refractivity contribution in [2.75, 3.05) is 5.75 Å². The fourth-order valence-corrected chi connectivity index (χ4v) is 5.77. The minimum absolute atomic E-state index is 0.00433. The maximum Gasteiger partial charge on any atom is 0.272 e. The van der Waals surface area contributed by atoms with Crippen molar-refractivity contribution in [3.8, 4) is 11.1 Å². The van der Waals surface area contributed by atoms with E-state index in [9.17, 15) is 9.90 Å². The number of benzene rings is 3. The van der Waals surface area contributed by atoms with E-state index in [2.05, 4.69) is 10.3 Å². The Morgan fingerprint density at radius 1 is 0.929 bits per heavy atom. The second-order valence-electron chi connectivity index (χ2n) is 9.79. The summed E-state index contributed by atoms with van der Waals surface area (Å²) in [5.74, 6) is 0.0496. The number of pyridine rings is 1. The summed E-state index contributed by atoms with van der Waals surface area (Å²) in [4.78, 5) is 16.5. The molecule has 218 valence electrons. The van der Waals surface area contributed by atoms with Crippen LogP contribution >= 0.6 is 46.6 Å². The molecule has 10 heteroatoms. The molecule has 1 fully saturated rings. The van der Waals surface area contributed by atoms with Crippen LogP contribution in [0.4, 0.5) is 0 Å². The Hall–Kier alpha value is -2.62. The van der Waals surface area contributed by atoms with Gasteiger partial charge in [-0.1, -0.05) is 114 Å². The molecule has 1 aliphatic rings. The second kappa shape index (κ2) is 14.2. The van der Waals surface area contributed by atoms with Gasteiger partial charge in [-0.05, 0) is 39.9 Å². The molecular formula is C32H29Cl3N2O4S. The largest absolute Gasteiger partial charge is 0.392 e. The third kappa shape index (κ3) is 8.05. The topological polar surface area (TPSA) is 80.7 Å². The summed E-state index contributed by atoms with van der Waals surface area (Å²) in [5.41, 5.74) is 5.58. The highest BCUT2D eigenvalue weighted by Gasteiger charge is 2.33. The molecule has 0 saturated carbocycles. The average Bonchev–Trinajstić information content (AvgIpc) is 3.03. The van der Waals surface area contributed by atoms with Crippen LogP contribution in [0.15, 0.2) is 102 Å². The zero-order chi connectivity index (χ0) is 29.5. The first-order chi connectivity index (χ1) is 20.3. The van der Waals surface area contributed by atoms with Gasteiger partial charge in [-0.3, -0.25) is 4.79 Å². The van der Waals surface area contributed by atoms with Crippen molar-refractivity contribution in [2.24, 2.45) is 0 Å². The van der Waals surface area contributed by atoms with Crippen molar-refractivity contribution in [3.63, 3.8) is 0 Å². The van der Waals surface area contributed by atoms with Gasteiger partial charge in [0, 0.05) is 30.5 Å². The summed E-state index contributed by atoms with van der Waals surface area (Å²) in [6.45, 7) is 0.210. The molecule has 1 saturated heterocycles. The van der Waals surface area contributed by atoms with Crippen LogP contribution in [-0.4, -0.2) is 31.6 Å².